The molecule has 0 amide bonds. The van der Waals surface area contributed by atoms with Gasteiger partial charge in [-0.2, -0.15) is 0 Å². The van der Waals surface area contributed by atoms with Crippen LogP contribution in [0, 0.1) is 5.92 Å². The summed E-state index contributed by atoms with van der Waals surface area (Å²) in [5.41, 5.74) is 3.12. The van der Waals surface area contributed by atoms with Crippen LogP contribution in [0.2, 0.25) is 0 Å². The van der Waals surface area contributed by atoms with E-state index in [1.54, 1.807) is 6.08 Å². The Balaban J connectivity index is 1.71. The first kappa shape index (κ1) is 26.8. The molecule has 1 aromatic carbocycles. The van der Waals surface area contributed by atoms with Gasteiger partial charge in [0.05, 0.1) is 6.61 Å². The van der Waals surface area contributed by atoms with E-state index in [2.05, 4.69) is 30.7 Å². The van der Waals surface area contributed by atoms with Gasteiger partial charge in [0.1, 0.15) is 0 Å². The highest BCUT2D eigenvalue weighted by molar-refractivity contribution is 5.87. The molecule has 1 atom stereocenters. The number of ether oxygens (including phenoxy) is 1. The highest BCUT2D eigenvalue weighted by atomic mass is 16.5. The van der Waals surface area contributed by atoms with Crippen molar-refractivity contribution in [3.05, 3.63) is 53.9 Å². The maximum atomic E-state index is 11.8. The van der Waals surface area contributed by atoms with Crippen molar-refractivity contribution in [1.29, 1.82) is 0 Å². The number of carbonyl (C=O) groups is 1. The smallest absolute Gasteiger partial charge is 0.330 e. The van der Waals surface area contributed by atoms with Crippen molar-refractivity contribution in [3.63, 3.8) is 0 Å². The van der Waals surface area contributed by atoms with Crippen LogP contribution in [0.5, 0.6) is 0 Å². The SMILES string of the molecule is CCCCCCCCCCCc1cnc(-c2ccc(/C=C/C(=O)OCC(C)CC)cc2)nc1. The second-order valence-corrected chi connectivity index (χ2v) is 9.09. The number of hydrogen-bond acceptors (Lipinski definition) is 4. The van der Waals surface area contributed by atoms with Crippen LogP contribution < -0.4 is 0 Å². The van der Waals surface area contributed by atoms with Crippen LogP contribution in [-0.4, -0.2) is 22.5 Å². The number of rotatable bonds is 16. The third-order valence-electron chi connectivity index (χ3n) is 6.06. The maximum Gasteiger partial charge on any atom is 0.330 e. The molecular formula is C29H42N2O2. The van der Waals surface area contributed by atoms with Gasteiger partial charge in [0, 0.05) is 24.0 Å². The Hall–Kier alpha value is -2.49. The molecule has 0 aliphatic carbocycles. The van der Waals surface area contributed by atoms with E-state index in [0.29, 0.717) is 12.5 Å². The van der Waals surface area contributed by atoms with E-state index in [0.717, 1.165) is 29.8 Å². The lowest BCUT2D eigenvalue weighted by Gasteiger charge is -2.07. The fourth-order valence-electron chi connectivity index (χ4n) is 3.57. The van der Waals surface area contributed by atoms with E-state index < -0.39 is 0 Å². The minimum absolute atomic E-state index is 0.301. The van der Waals surface area contributed by atoms with Crippen LogP contribution >= 0.6 is 0 Å². The molecule has 0 aliphatic heterocycles. The quantitative estimate of drug-likeness (QED) is 0.149. The molecule has 0 saturated heterocycles. The summed E-state index contributed by atoms with van der Waals surface area (Å²) in [6.07, 6.45) is 21.3. The number of aryl methyl sites for hydroxylation is 1. The number of hydrogen-bond donors (Lipinski definition) is 0. The van der Waals surface area contributed by atoms with Gasteiger partial charge in [-0.05, 0) is 36.0 Å². The molecule has 1 heterocycles. The largest absolute Gasteiger partial charge is 0.462 e. The molecule has 0 aliphatic rings. The number of esters is 1. The molecule has 180 valence electrons. The predicted octanol–water partition coefficient (Wildman–Crippen LogP) is 7.82. The molecule has 0 radical (unpaired) electrons. The zero-order valence-corrected chi connectivity index (χ0v) is 20.9. The molecule has 4 heteroatoms. The number of nitrogens with zero attached hydrogens (tertiary/aromatic N) is 2. The summed E-state index contributed by atoms with van der Waals surface area (Å²) >= 11 is 0. The first-order chi connectivity index (χ1) is 16.1. The summed E-state index contributed by atoms with van der Waals surface area (Å²) in [7, 11) is 0. The fourth-order valence-corrected chi connectivity index (χ4v) is 3.57. The average molecular weight is 451 g/mol. The van der Waals surface area contributed by atoms with Crippen molar-refractivity contribution in [2.75, 3.05) is 6.61 Å². The third kappa shape index (κ3) is 11.3. The monoisotopic (exact) mass is 450 g/mol. The van der Waals surface area contributed by atoms with Crippen LogP contribution in [0.4, 0.5) is 0 Å². The summed E-state index contributed by atoms with van der Waals surface area (Å²) in [4.78, 5) is 20.9. The van der Waals surface area contributed by atoms with Crippen LogP contribution in [-0.2, 0) is 16.0 Å². The second kappa shape index (κ2) is 16.2. The Morgan fingerprint density at radius 1 is 0.909 bits per heavy atom. The Bertz CT molecular complexity index is 813. The maximum absolute atomic E-state index is 11.8. The van der Waals surface area contributed by atoms with Crippen molar-refractivity contribution in [1.82, 2.24) is 9.97 Å². The van der Waals surface area contributed by atoms with Gasteiger partial charge in [-0.3, -0.25) is 0 Å². The summed E-state index contributed by atoms with van der Waals surface area (Å²) in [6, 6.07) is 7.90. The molecule has 0 fully saturated rings. The molecule has 33 heavy (non-hydrogen) atoms. The molecule has 0 bridgehead atoms. The zero-order valence-electron chi connectivity index (χ0n) is 20.9. The van der Waals surface area contributed by atoms with Gasteiger partial charge in [-0.1, -0.05) is 103 Å². The summed E-state index contributed by atoms with van der Waals surface area (Å²) in [6.45, 7) is 6.89. The Morgan fingerprint density at radius 3 is 2.12 bits per heavy atom. The molecule has 2 aromatic rings. The van der Waals surface area contributed by atoms with Gasteiger partial charge in [0.15, 0.2) is 5.82 Å². The van der Waals surface area contributed by atoms with E-state index in [9.17, 15) is 4.79 Å². The van der Waals surface area contributed by atoms with Gasteiger partial charge in [-0.25, -0.2) is 14.8 Å². The molecule has 0 saturated carbocycles. The lowest BCUT2D eigenvalue weighted by Crippen LogP contribution is -2.08. The molecule has 0 spiro atoms. The van der Waals surface area contributed by atoms with E-state index in [-0.39, 0.29) is 5.97 Å². The molecular weight excluding hydrogens is 408 g/mol. The van der Waals surface area contributed by atoms with Crippen molar-refractivity contribution in [2.45, 2.75) is 91.4 Å². The van der Waals surface area contributed by atoms with Crippen molar-refractivity contribution < 1.29 is 9.53 Å². The Kier molecular flexibility index (Phi) is 13.1. The fraction of sp³-hybridized carbons (Fsp3) is 0.552. The molecule has 0 N–H and O–H groups in total. The molecule has 1 unspecified atom stereocenters. The first-order valence-electron chi connectivity index (χ1n) is 12.9. The van der Waals surface area contributed by atoms with E-state index in [1.807, 2.05) is 36.7 Å². The van der Waals surface area contributed by atoms with Gasteiger partial charge >= 0.3 is 5.97 Å². The average Bonchev–Trinajstić information content (AvgIpc) is 2.85. The summed E-state index contributed by atoms with van der Waals surface area (Å²) in [5, 5.41) is 0. The first-order valence-corrected chi connectivity index (χ1v) is 12.9. The molecule has 2 rings (SSSR count). The van der Waals surface area contributed by atoms with Crippen LogP contribution in [0.3, 0.4) is 0 Å². The Morgan fingerprint density at radius 2 is 1.52 bits per heavy atom. The number of benzene rings is 1. The number of carbonyl (C=O) groups excluding carboxylic acids is 1. The van der Waals surface area contributed by atoms with Crippen molar-refractivity contribution >= 4 is 12.0 Å². The normalized spacial score (nSPS) is 12.2. The van der Waals surface area contributed by atoms with Crippen LogP contribution in [0.15, 0.2) is 42.7 Å². The third-order valence-corrected chi connectivity index (χ3v) is 6.06. The second-order valence-electron chi connectivity index (χ2n) is 9.09. The highest BCUT2D eigenvalue weighted by Gasteiger charge is 2.04. The molecule has 1 aromatic heterocycles. The minimum atomic E-state index is -0.301. The van der Waals surface area contributed by atoms with Crippen molar-refractivity contribution in [3.8, 4) is 11.4 Å². The van der Waals surface area contributed by atoms with Gasteiger partial charge in [0.25, 0.3) is 0 Å². The predicted molar refractivity (Wildman–Crippen MR) is 138 cm³/mol. The van der Waals surface area contributed by atoms with Gasteiger partial charge in [0.2, 0.25) is 0 Å². The van der Waals surface area contributed by atoms with E-state index in [1.165, 1.54) is 69.4 Å². The lowest BCUT2D eigenvalue weighted by atomic mass is 10.1. The molecule has 4 nitrogen and oxygen atoms in total. The van der Waals surface area contributed by atoms with Crippen LogP contribution in [0.1, 0.15) is 96.1 Å². The number of unbranched alkanes of at least 4 members (excludes halogenated alkanes) is 8. The minimum Gasteiger partial charge on any atom is -0.462 e. The van der Waals surface area contributed by atoms with E-state index >= 15 is 0 Å². The Labute approximate surface area is 200 Å². The summed E-state index contributed by atoms with van der Waals surface area (Å²) < 4.78 is 5.24. The van der Waals surface area contributed by atoms with Crippen molar-refractivity contribution in [2.24, 2.45) is 5.92 Å². The summed E-state index contributed by atoms with van der Waals surface area (Å²) in [5.74, 6) is 0.817. The lowest BCUT2D eigenvalue weighted by molar-refractivity contribution is -0.138. The topological polar surface area (TPSA) is 52.1 Å². The highest BCUT2D eigenvalue weighted by Crippen LogP contribution is 2.17. The standard InChI is InChI=1S/C29H42N2O2/c1-4-6-7-8-9-10-11-12-13-14-26-21-30-29(31-22-26)27-18-15-25(16-19-27)17-20-28(32)33-23-24(3)5-2/h15-22,24H,4-14,23H2,1-3H3/b20-17+. The van der Waals surface area contributed by atoms with Crippen LogP contribution in [0.25, 0.3) is 17.5 Å². The number of aromatic nitrogens is 2. The van der Waals surface area contributed by atoms with Gasteiger partial charge < -0.3 is 4.74 Å². The zero-order chi connectivity index (χ0) is 23.7. The van der Waals surface area contributed by atoms with Gasteiger partial charge in [-0.15, -0.1) is 0 Å². The van der Waals surface area contributed by atoms with E-state index in [4.69, 9.17) is 4.74 Å².